The molecule has 0 spiro atoms. The van der Waals surface area contributed by atoms with Gasteiger partial charge in [-0.3, -0.25) is 9.59 Å². The molecule has 0 aliphatic heterocycles. The van der Waals surface area contributed by atoms with E-state index in [2.05, 4.69) is 24.5 Å². The van der Waals surface area contributed by atoms with Crippen molar-refractivity contribution in [2.24, 2.45) is 5.41 Å². The number of carbonyl (C=O) groups excluding carboxylic acids is 2. The summed E-state index contributed by atoms with van der Waals surface area (Å²) in [4.78, 5) is 22.1. The summed E-state index contributed by atoms with van der Waals surface area (Å²) in [6.45, 7) is 7.43. The van der Waals surface area contributed by atoms with Gasteiger partial charge in [0.15, 0.2) is 0 Å². The Kier molecular flexibility index (Phi) is 3.94. The summed E-state index contributed by atoms with van der Waals surface area (Å²) in [6, 6.07) is 0.358. The molecule has 16 heavy (non-hydrogen) atoms. The topological polar surface area (TPSA) is 58.2 Å². The highest BCUT2D eigenvalue weighted by Gasteiger charge is 2.34. The zero-order valence-corrected chi connectivity index (χ0v) is 10.6. The van der Waals surface area contributed by atoms with Crippen LogP contribution in [0.25, 0.3) is 0 Å². The van der Waals surface area contributed by atoms with Gasteiger partial charge in [0.05, 0.1) is 0 Å². The zero-order valence-electron chi connectivity index (χ0n) is 10.6. The Bertz CT molecular complexity index is 261. The third-order valence-electron chi connectivity index (χ3n) is 2.98. The number of nitrogens with one attached hydrogen (secondary N) is 2. The smallest absolute Gasteiger partial charge is 0.217 e. The van der Waals surface area contributed by atoms with Gasteiger partial charge in [0.25, 0.3) is 0 Å². The van der Waals surface area contributed by atoms with Crippen molar-refractivity contribution >= 4 is 11.8 Å². The van der Waals surface area contributed by atoms with Gasteiger partial charge in [0, 0.05) is 25.9 Å². The number of carbonyl (C=O) groups is 2. The number of amides is 2. The monoisotopic (exact) mass is 226 g/mol. The Morgan fingerprint density at radius 1 is 1.00 bits per heavy atom. The molecule has 0 saturated heterocycles. The van der Waals surface area contributed by atoms with Gasteiger partial charge in [-0.2, -0.15) is 0 Å². The molecular formula is C12H22N2O2. The van der Waals surface area contributed by atoms with Crippen LogP contribution < -0.4 is 10.6 Å². The van der Waals surface area contributed by atoms with Crippen molar-refractivity contribution in [2.45, 2.75) is 59.0 Å². The summed E-state index contributed by atoms with van der Waals surface area (Å²) in [5, 5.41) is 5.90. The molecule has 1 rings (SSSR count). The van der Waals surface area contributed by atoms with Gasteiger partial charge >= 0.3 is 0 Å². The summed E-state index contributed by atoms with van der Waals surface area (Å²) in [6.07, 6.45) is 2.79. The molecule has 1 aliphatic rings. The molecule has 1 aliphatic carbocycles. The van der Waals surface area contributed by atoms with Gasteiger partial charge in [-0.25, -0.2) is 0 Å². The van der Waals surface area contributed by atoms with Crippen LogP contribution in [0, 0.1) is 5.41 Å². The SMILES string of the molecule is CC(=O)NC1CC(NC(C)=O)CC(C)(C)C1. The van der Waals surface area contributed by atoms with Crippen molar-refractivity contribution in [3.05, 3.63) is 0 Å². The summed E-state index contributed by atoms with van der Waals surface area (Å²) >= 11 is 0. The molecule has 2 unspecified atom stereocenters. The zero-order chi connectivity index (χ0) is 12.3. The summed E-state index contributed by atoms with van der Waals surface area (Å²) in [5.74, 6) is 0.00792. The van der Waals surface area contributed by atoms with Crippen molar-refractivity contribution in [3.8, 4) is 0 Å². The van der Waals surface area contributed by atoms with Crippen molar-refractivity contribution in [1.82, 2.24) is 10.6 Å². The first-order chi connectivity index (χ1) is 7.28. The standard InChI is InChI=1S/C12H22N2O2/c1-8(15)13-10-5-11(14-9(2)16)7-12(3,4)6-10/h10-11H,5-7H2,1-4H3,(H,13,15)(H,14,16). The molecule has 0 aromatic rings. The second kappa shape index (κ2) is 4.85. The van der Waals surface area contributed by atoms with Gasteiger partial charge in [-0.05, 0) is 24.7 Å². The summed E-state index contributed by atoms with van der Waals surface area (Å²) in [7, 11) is 0. The molecule has 4 nitrogen and oxygen atoms in total. The van der Waals surface area contributed by atoms with Crippen molar-refractivity contribution in [1.29, 1.82) is 0 Å². The summed E-state index contributed by atoms with van der Waals surface area (Å²) in [5.41, 5.74) is 0.165. The summed E-state index contributed by atoms with van der Waals surface area (Å²) < 4.78 is 0. The molecule has 2 amide bonds. The Morgan fingerprint density at radius 2 is 1.38 bits per heavy atom. The van der Waals surface area contributed by atoms with Gasteiger partial charge < -0.3 is 10.6 Å². The minimum Gasteiger partial charge on any atom is -0.354 e. The van der Waals surface area contributed by atoms with E-state index in [1.54, 1.807) is 0 Å². The number of hydrogen-bond acceptors (Lipinski definition) is 2. The number of rotatable bonds is 2. The first-order valence-electron chi connectivity index (χ1n) is 5.83. The van der Waals surface area contributed by atoms with Gasteiger partial charge in [-0.15, -0.1) is 0 Å². The maximum atomic E-state index is 11.1. The highest BCUT2D eigenvalue weighted by Crippen LogP contribution is 2.35. The van der Waals surface area contributed by atoms with E-state index in [-0.39, 0.29) is 29.3 Å². The van der Waals surface area contributed by atoms with Gasteiger partial charge in [-0.1, -0.05) is 13.8 Å². The van der Waals surface area contributed by atoms with Gasteiger partial charge in [0.2, 0.25) is 11.8 Å². The Morgan fingerprint density at radius 3 is 1.69 bits per heavy atom. The van der Waals surface area contributed by atoms with Crippen LogP contribution in [0.2, 0.25) is 0 Å². The second-order valence-electron chi connectivity index (χ2n) is 5.60. The van der Waals surface area contributed by atoms with E-state index in [9.17, 15) is 9.59 Å². The Labute approximate surface area is 97.2 Å². The van der Waals surface area contributed by atoms with E-state index in [4.69, 9.17) is 0 Å². The third-order valence-corrected chi connectivity index (χ3v) is 2.98. The van der Waals surface area contributed by atoms with Crippen LogP contribution in [-0.4, -0.2) is 23.9 Å². The van der Waals surface area contributed by atoms with Crippen LogP contribution >= 0.6 is 0 Å². The van der Waals surface area contributed by atoms with Crippen LogP contribution in [0.5, 0.6) is 0 Å². The van der Waals surface area contributed by atoms with Crippen LogP contribution in [0.15, 0.2) is 0 Å². The fraction of sp³-hybridized carbons (Fsp3) is 0.833. The highest BCUT2D eigenvalue weighted by molar-refractivity contribution is 5.74. The lowest BCUT2D eigenvalue weighted by Crippen LogP contribution is -2.49. The fourth-order valence-electron chi connectivity index (χ4n) is 2.72. The maximum Gasteiger partial charge on any atom is 0.217 e. The van der Waals surface area contributed by atoms with Crippen LogP contribution in [0.1, 0.15) is 47.0 Å². The third kappa shape index (κ3) is 4.21. The average molecular weight is 226 g/mol. The molecule has 0 radical (unpaired) electrons. The van der Waals surface area contributed by atoms with Crippen LogP contribution in [0.4, 0.5) is 0 Å². The minimum atomic E-state index is 0.00396. The minimum absolute atomic E-state index is 0.00396. The quantitative estimate of drug-likeness (QED) is 0.743. The van der Waals surface area contributed by atoms with Crippen molar-refractivity contribution in [3.63, 3.8) is 0 Å². The Hall–Kier alpha value is -1.06. The molecule has 0 heterocycles. The lowest BCUT2D eigenvalue weighted by Gasteiger charge is -2.40. The molecule has 2 N–H and O–H groups in total. The lowest BCUT2D eigenvalue weighted by atomic mass is 9.72. The van der Waals surface area contributed by atoms with Gasteiger partial charge in [0.1, 0.15) is 0 Å². The second-order valence-corrected chi connectivity index (χ2v) is 5.60. The molecule has 92 valence electrons. The van der Waals surface area contributed by atoms with E-state index in [0.717, 1.165) is 19.3 Å². The average Bonchev–Trinajstić information content (AvgIpc) is 1.95. The molecule has 0 aromatic carbocycles. The first kappa shape index (κ1) is 13.0. The lowest BCUT2D eigenvalue weighted by molar-refractivity contribution is -0.120. The molecule has 1 saturated carbocycles. The van der Waals surface area contributed by atoms with Crippen molar-refractivity contribution in [2.75, 3.05) is 0 Å². The molecule has 0 bridgehead atoms. The van der Waals surface area contributed by atoms with E-state index >= 15 is 0 Å². The van der Waals surface area contributed by atoms with Crippen LogP contribution in [0.3, 0.4) is 0 Å². The predicted molar refractivity (Wildman–Crippen MR) is 62.8 cm³/mol. The fourth-order valence-corrected chi connectivity index (χ4v) is 2.72. The van der Waals surface area contributed by atoms with E-state index in [0.29, 0.717) is 0 Å². The van der Waals surface area contributed by atoms with Crippen LogP contribution in [-0.2, 0) is 9.59 Å². The molecule has 4 heteroatoms. The predicted octanol–water partition coefficient (Wildman–Crippen LogP) is 1.21. The molecule has 0 aromatic heterocycles. The van der Waals surface area contributed by atoms with E-state index in [1.807, 2.05) is 0 Å². The Balaban J connectivity index is 2.61. The largest absolute Gasteiger partial charge is 0.354 e. The van der Waals surface area contributed by atoms with Crippen molar-refractivity contribution < 1.29 is 9.59 Å². The number of hydrogen-bond donors (Lipinski definition) is 2. The first-order valence-corrected chi connectivity index (χ1v) is 5.83. The molecule has 2 atom stereocenters. The van der Waals surface area contributed by atoms with E-state index in [1.165, 1.54) is 13.8 Å². The maximum absolute atomic E-state index is 11.1. The molecular weight excluding hydrogens is 204 g/mol. The normalized spacial score (nSPS) is 28.2. The molecule has 1 fully saturated rings. The van der Waals surface area contributed by atoms with E-state index < -0.39 is 0 Å². The highest BCUT2D eigenvalue weighted by atomic mass is 16.2.